The lowest BCUT2D eigenvalue weighted by Gasteiger charge is -1.95. The zero-order chi connectivity index (χ0) is 10.4. The van der Waals surface area contributed by atoms with E-state index >= 15 is 0 Å². The van der Waals surface area contributed by atoms with Crippen LogP contribution in [0.1, 0.15) is 19.4 Å². The number of pyridine rings is 1. The molecule has 0 aliphatic rings. The summed E-state index contributed by atoms with van der Waals surface area (Å²) < 4.78 is 0. The molecule has 0 spiro atoms. The SMILES string of the molecule is CC.Cc1ccnc(-c2cn[nH]c2)c1. The highest BCUT2D eigenvalue weighted by atomic mass is 15.1. The second kappa shape index (κ2) is 5.17. The van der Waals surface area contributed by atoms with Crippen molar-refractivity contribution in [2.24, 2.45) is 0 Å². The Morgan fingerprint density at radius 1 is 1.29 bits per heavy atom. The van der Waals surface area contributed by atoms with Crippen molar-refractivity contribution in [3.63, 3.8) is 0 Å². The van der Waals surface area contributed by atoms with Crippen LogP contribution < -0.4 is 0 Å². The molecular formula is C11H15N3. The Balaban J connectivity index is 0.000000461. The molecule has 14 heavy (non-hydrogen) atoms. The maximum Gasteiger partial charge on any atom is 0.0736 e. The monoisotopic (exact) mass is 189 g/mol. The number of nitrogens with zero attached hydrogens (tertiary/aromatic N) is 2. The standard InChI is InChI=1S/C9H9N3.C2H6/c1-7-2-3-10-9(4-7)8-5-11-12-6-8;1-2/h2-6H,1H3,(H,11,12);1-2H3. The summed E-state index contributed by atoms with van der Waals surface area (Å²) in [6, 6.07) is 4.01. The van der Waals surface area contributed by atoms with Crippen LogP contribution in [0.15, 0.2) is 30.7 Å². The molecule has 0 aliphatic carbocycles. The van der Waals surface area contributed by atoms with Gasteiger partial charge in [-0.3, -0.25) is 10.1 Å². The van der Waals surface area contributed by atoms with Gasteiger partial charge in [0.15, 0.2) is 0 Å². The molecule has 0 radical (unpaired) electrons. The Kier molecular flexibility index (Phi) is 3.85. The third kappa shape index (κ3) is 2.42. The van der Waals surface area contributed by atoms with E-state index in [4.69, 9.17) is 0 Å². The zero-order valence-electron chi connectivity index (χ0n) is 8.78. The van der Waals surface area contributed by atoms with Crippen molar-refractivity contribution in [1.82, 2.24) is 15.2 Å². The summed E-state index contributed by atoms with van der Waals surface area (Å²) in [6.07, 6.45) is 5.40. The van der Waals surface area contributed by atoms with Gasteiger partial charge in [-0.1, -0.05) is 13.8 Å². The second-order valence-corrected chi connectivity index (χ2v) is 2.71. The van der Waals surface area contributed by atoms with Crippen molar-refractivity contribution < 1.29 is 0 Å². The smallest absolute Gasteiger partial charge is 0.0736 e. The molecule has 0 saturated heterocycles. The first-order valence-corrected chi connectivity index (χ1v) is 4.78. The number of hydrogen-bond donors (Lipinski definition) is 1. The Hall–Kier alpha value is -1.64. The maximum absolute atomic E-state index is 4.22. The van der Waals surface area contributed by atoms with E-state index in [1.807, 2.05) is 39.1 Å². The largest absolute Gasteiger partial charge is 0.285 e. The van der Waals surface area contributed by atoms with E-state index in [1.54, 1.807) is 12.4 Å². The van der Waals surface area contributed by atoms with Gasteiger partial charge in [-0.05, 0) is 24.6 Å². The third-order valence-electron chi connectivity index (χ3n) is 1.71. The lowest BCUT2D eigenvalue weighted by Crippen LogP contribution is -1.81. The summed E-state index contributed by atoms with van der Waals surface area (Å²) in [5.41, 5.74) is 3.20. The van der Waals surface area contributed by atoms with Gasteiger partial charge in [0.1, 0.15) is 0 Å². The average molecular weight is 189 g/mol. The lowest BCUT2D eigenvalue weighted by atomic mass is 10.2. The first-order valence-electron chi connectivity index (χ1n) is 4.78. The molecule has 1 N–H and O–H groups in total. The molecule has 0 atom stereocenters. The van der Waals surface area contributed by atoms with Gasteiger partial charge in [0.2, 0.25) is 0 Å². The van der Waals surface area contributed by atoms with Crippen LogP contribution >= 0.6 is 0 Å². The van der Waals surface area contributed by atoms with Crippen LogP contribution in [0, 0.1) is 6.92 Å². The number of aromatic nitrogens is 3. The maximum atomic E-state index is 4.22. The van der Waals surface area contributed by atoms with E-state index in [0.29, 0.717) is 0 Å². The Morgan fingerprint density at radius 2 is 2.07 bits per heavy atom. The fourth-order valence-electron chi connectivity index (χ4n) is 1.09. The molecule has 0 unspecified atom stereocenters. The highest BCUT2D eigenvalue weighted by Crippen LogP contribution is 2.14. The summed E-state index contributed by atoms with van der Waals surface area (Å²) in [4.78, 5) is 4.22. The van der Waals surface area contributed by atoms with Crippen LogP contribution in [0.2, 0.25) is 0 Å². The molecule has 0 bridgehead atoms. The van der Waals surface area contributed by atoms with Crippen molar-refractivity contribution >= 4 is 0 Å². The molecule has 2 heterocycles. The van der Waals surface area contributed by atoms with Crippen LogP contribution in [-0.4, -0.2) is 15.2 Å². The number of aryl methyl sites for hydroxylation is 1. The number of rotatable bonds is 1. The minimum absolute atomic E-state index is 0.962. The van der Waals surface area contributed by atoms with Gasteiger partial charge in [0, 0.05) is 18.0 Å². The predicted molar refractivity (Wildman–Crippen MR) is 57.9 cm³/mol. The molecule has 0 saturated carbocycles. The Bertz CT molecular complexity index is 366. The summed E-state index contributed by atoms with van der Waals surface area (Å²) in [7, 11) is 0. The fraction of sp³-hybridized carbons (Fsp3) is 0.273. The summed E-state index contributed by atoms with van der Waals surface area (Å²) >= 11 is 0. The van der Waals surface area contributed by atoms with Crippen LogP contribution in [0.25, 0.3) is 11.3 Å². The molecule has 0 amide bonds. The topological polar surface area (TPSA) is 41.6 Å². The Labute approximate surface area is 84.2 Å². The van der Waals surface area contributed by atoms with Crippen molar-refractivity contribution in [1.29, 1.82) is 0 Å². The fourth-order valence-corrected chi connectivity index (χ4v) is 1.09. The number of aromatic amines is 1. The molecule has 0 aliphatic heterocycles. The van der Waals surface area contributed by atoms with Gasteiger partial charge < -0.3 is 0 Å². The molecule has 2 rings (SSSR count). The molecule has 3 heteroatoms. The van der Waals surface area contributed by atoms with Gasteiger partial charge in [0.25, 0.3) is 0 Å². The number of nitrogens with one attached hydrogen (secondary N) is 1. The summed E-state index contributed by atoms with van der Waals surface area (Å²) in [6.45, 7) is 6.05. The third-order valence-corrected chi connectivity index (χ3v) is 1.71. The van der Waals surface area contributed by atoms with Crippen molar-refractivity contribution in [3.8, 4) is 11.3 Å². The van der Waals surface area contributed by atoms with E-state index < -0.39 is 0 Å². The van der Waals surface area contributed by atoms with E-state index in [1.165, 1.54) is 5.56 Å². The van der Waals surface area contributed by atoms with Crippen LogP contribution in [0.5, 0.6) is 0 Å². The van der Waals surface area contributed by atoms with Gasteiger partial charge in [0.05, 0.1) is 11.9 Å². The highest BCUT2D eigenvalue weighted by Gasteiger charge is 1.98. The quantitative estimate of drug-likeness (QED) is 0.749. The minimum atomic E-state index is 0.962. The second-order valence-electron chi connectivity index (χ2n) is 2.71. The first kappa shape index (κ1) is 10.4. The summed E-state index contributed by atoms with van der Waals surface area (Å²) in [5.74, 6) is 0. The van der Waals surface area contributed by atoms with E-state index in [0.717, 1.165) is 11.3 Å². The number of hydrogen-bond acceptors (Lipinski definition) is 2. The van der Waals surface area contributed by atoms with E-state index in [2.05, 4.69) is 15.2 Å². The van der Waals surface area contributed by atoms with E-state index in [9.17, 15) is 0 Å². The van der Waals surface area contributed by atoms with Gasteiger partial charge in [-0.25, -0.2) is 0 Å². The van der Waals surface area contributed by atoms with Gasteiger partial charge >= 0.3 is 0 Å². The Morgan fingerprint density at radius 3 is 2.64 bits per heavy atom. The first-order chi connectivity index (χ1) is 6.86. The van der Waals surface area contributed by atoms with Crippen molar-refractivity contribution in [2.75, 3.05) is 0 Å². The van der Waals surface area contributed by atoms with Gasteiger partial charge in [-0.15, -0.1) is 0 Å². The molecular weight excluding hydrogens is 174 g/mol. The molecule has 2 aromatic heterocycles. The molecule has 2 aromatic rings. The zero-order valence-corrected chi connectivity index (χ0v) is 8.78. The number of H-pyrrole nitrogens is 1. The van der Waals surface area contributed by atoms with Crippen LogP contribution in [-0.2, 0) is 0 Å². The van der Waals surface area contributed by atoms with Gasteiger partial charge in [-0.2, -0.15) is 5.10 Å². The molecule has 0 aromatic carbocycles. The minimum Gasteiger partial charge on any atom is -0.285 e. The normalized spacial score (nSPS) is 9.07. The summed E-state index contributed by atoms with van der Waals surface area (Å²) in [5, 5.41) is 6.62. The molecule has 0 fully saturated rings. The molecule has 74 valence electrons. The average Bonchev–Trinajstić information content (AvgIpc) is 2.74. The molecule has 3 nitrogen and oxygen atoms in total. The van der Waals surface area contributed by atoms with Crippen LogP contribution in [0.3, 0.4) is 0 Å². The van der Waals surface area contributed by atoms with E-state index in [-0.39, 0.29) is 0 Å². The van der Waals surface area contributed by atoms with Crippen LogP contribution in [0.4, 0.5) is 0 Å². The predicted octanol–water partition coefficient (Wildman–Crippen LogP) is 2.81. The lowest BCUT2D eigenvalue weighted by molar-refractivity contribution is 1.09. The van der Waals surface area contributed by atoms with Crippen molar-refractivity contribution in [2.45, 2.75) is 20.8 Å². The highest BCUT2D eigenvalue weighted by molar-refractivity contribution is 5.57. The van der Waals surface area contributed by atoms with Crippen molar-refractivity contribution in [3.05, 3.63) is 36.3 Å².